The van der Waals surface area contributed by atoms with E-state index in [0.717, 1.165) is 22.9 Å². The first-order chi connectivity index (χ1) is 11.5. The number of nitrogens with zero attached hydrogens (tertiary/aromatic N) is 4. The fraction of sp³-hybridized carbons (Fsp3) is 0.444. The van der Waals surface area contributed by atoms with Gasteiger partial charge in [-0.2, -0.15) is 0 Å². The van der Waals surface area contributed by atoms with E-state index in [1.54, 1.807) is 12.4 Å². The van der Waals surface area contributed by atoms with Crippen LogP contribution in [0, 0.1) is 5.92 Å². The number of rotatable bonds is 4. The van der Waals surface area contributed by atoms with E-state index in [0.29, 0.717) is 25.9 Å². The van der Waals surface area contributed by atoms with Crippen LogP contribution in [-0.4, -0.2) is 39.1 Å². The van der Waals surface area contributed by atoms with Crippen LogP contribution in [0.15, 0.2) is 30.6 Å². The summed E-state index contributed by atoms with van der Waals surface area (Å²) < 4.78 is 0. The van der Waals surface area contributed by atoms with Crippen molar-refractivity contribution in [3.63, 3.8) is 0 Å². The summed E-state index contributed by atoms with van der Waals surface area (Å²) in [5.74, 6) is 0.969. The molecule has 6 nitrogen and oxygen atoms in total. The smallest absolute Gasteiger partial charge is 0.306 e. The highest BCUT2D eigenvalue weighted by atomic mass is 16.4. The number of carboxylic acids is 1. The Morgan fingerprint density at radius 2 is 1.88 bits per heavy atom. The second-order valence-electron chi connectivity index (χ2n) is 6.46. The summed E-state index contributed by atoms with van der Waals surface area (Å²) in [6, 6.07) is 5.86. The van der Waals surface area contributed by atoms with Gasteiger partial charge in [0.05, 0.1) is 11.6 Å². The lowest BCUT2D eigenvalue weighted by molar-refractivity contribution is -0.142. The summed E-state index contributed by atoms with van der Waals surface area (Å²) in [6.45, 7) is 5.57. The average molecular weight is 326 g/mol. The predicted molar refractivity (Wildman–Crippen MR) is 91.9 cm³/mol. The summed E-state index contributed by atoms with van der Waals surface area (Å²) in [5.41, 5.74) is 1.89. The molecule has 3 heterocycles. The number of hydrogen-bond donors (Lipinski definition) is 1. The third-order valence-electron chi connectivity index (χ3n) is 4.39. The van der Waals surface area contributed by atoms with Crippen molar-refractivity contribution < 1.29 is 9.90 Å². The van der Waals surface area contributed by atoms with Crippen molar-refractivity contribution >= 4 is 11.8 Å². The van der Waals surface area contributed by atoms with Crippen LogP contribution < -0.4 is 4.90 Å². The van der Waals surface area contributed by atoms with Gasteiger partial charge >= 0.3 is 5.97 Å². The van der Waals surface area contributed by atoms with Crippen molar-refractivity contribution in [3.8, 4) is 11.3 Å². The fourth-order valence-corrected chi connectivity index (χ4v) is 2.90. The molecular formula is C18H22N4O2. The van der Waals surface area contributed by atoms with Crippen LogP contribution in [0.4, 0.5) is 5.82 Å². The van der Waals surface area contributed by atoms with E-state index in [2.05, 4.69) is 28.7 Å². The van der Waals surface area contributed by atoms with Crippen LogP contribution in [0.5, 0.6) is 0 Å². The van der Waals surface area contributed by atoms with Crippen molar-refractivity contribution in [2.75, 3.05) is 18.0 Å². The number of pyridine rings is 1. The monoisotopic (exact) mass is 326 g/mol. The predicted octanol–water partition coefficient (Wildman–Crippen LogP) is 2.96. The van der Waals surface area contributed by atoms with Crippen molar-refractivity contribution in [2.24, 2.45) is 5.92 Å². The molecule has 0 amide bonds. The molecule has 6 heteroatoms. The summed E-state index contributed by atoms with van der Waals surface area (Å²) in [5, 5.41) is 9.15. The Labute approximate surface area is 141 Å². The summed E-state index contributed by atoms with van der Waals surface area (Å²) in [6.07, 6.45) is 4.82. The zero-order chi connectivity index (χ0) is 17.1. The maximum absolute atomic E-state index is 11.1. The molecule has 0 bridgehead atoms. The van der Waals surface area contributed by atoms with Gasteiger partial charge in [0.25, 0.3) is 0 Å². The topological polar surface area (TPSA) is 79.2 Å². The Balaban J connectivity index is 1.90. The largest absolute Gasteiger partial charge is 0.481 e. The number of hydrogen-bond acceptors (Lipinski definition) is 5. The highest BCUT2D eigenvalue weighted by Crippen LogP contribution is 2.27. The molecule has 0 unspecified atom stereocenters. The van der Waals surface area contributed by atoms with E-state index in [1.165, 1.54) is 0 Å². The SMILES string of the molecule is CC(C)c1nc(-c2ccncc2)cc(N2CCC(C(=O)O)CC2)n1. The number of aliphatic carboxylic acids is 1. The number of anilines is 1. The quantitative estimate of drug-likeness (QED) is 0.930. The molecule has 1 aliphatic heterocycles. The second-order valence-corrected chi connectivity index (χ2v) is 6.46. The molecule has 3 rings (SSSR count). The van der Waals surface area contributed by atoms with Gasteiger partial charge in [-0.25, -0.2) is 9.97 Å². The van der Waals surface area contributed by atoms with E-state index in [9.17, 15) is 4.79 Å². The van der Waals surface area contributed by atoms with E-state index < -0.39 is 5.97 Å². The number of piperidine rings is 1. The van der Waals surface area contributed by atoms with Crippen LogP contribution in [0.2, 0.25) is 0 Å². The molecule has 0 aromatic carbocycles. The van der Waals surface area contributed by atoms with E-state index in [-0.39, 0.29) is 11.8 Å². The first-order valence-corrected chi connectivity index (χ1v) is 8.31. The normalized spacial score (nSPS) is 15.7. The van der Waals surface area contributed by atoms with Crippen LogP contribution in [0.3, 0.4) is 0 Å². The van der Waals surface area contributed by atoms with Gasteiger partial charge in [0.15, 0.2) is 0 Å². The van der Waals surface area contributed by atoms with E-state index >= 15 is 0 Å². The van der Waals surface area contributed by atoms with Gasteiger partial charge in [-0.15, -0.1) is 0 Å². The highest BCUT2D eigenvalue weighted by molar-refractivity contribution is 5.70. The molecule has 2 aromatic rings. The van der Waals surface area contributed by atoms with Crippen LogP contribution in [0.25, 0.3) is 11.3 Å². The number of aromatic nitrogens is 3. The molecule has 0 saturated carbocycles. The van der Waals surface area contributed by atoms with Crippen molar-refractivity contribution in [3.05, 3.63) is 36.4 Å². The lowest BCUT2D eigenvalue weighted by atomic mass is 9.97. The Kier molecular flexibility index (Phi) is 4.74. The summed E-state index contributed by atoms with van der Waals surface area (Å²) in [7, 11) is 0. The van der Waals surface area contributed by atoms with Gasteiger partial charge in [-0.05, 0) is 25.0 Å². The summed E-state index contributed by atoms with van der Waals surface area (Å²) >= 11 is 0. The minimum absolute atomic E-state index is 0.224. The van der Waals surface area contributed by atoms with Crippen molar-refractivity contribution in [1.82, 2.24) is 15.0 Å². The third-order valence-corrected chi connectivity index (χ3v) is 4.39. The average Bonchev–Trinajstić information content (AvgIpc) is 2.62. The molecule has 1 fully saturated rings. The molecule has 0 radical (unpaired) electrons. The summed E-state index contributed by atoms with van der Waals surface area (Å²) in [4.78, 5) is 26.7. The zero-order valence-electron chi connectivity index (χ0n) is 14.0. The van der Waals surface area contributed by atoms with Crippen LogP contribution in [-0.2, 0) is 4.79 Å². The maximum atomic E-state index is 11.1. The Morgan fingerprint density at radius 3 is 2.46 bits per heavy atom. The third kappa shape index (κ3) is 3.53. The molecule has 126 valence electrons. The molecule has 0 aliphatic carbocycles. The van der Waals surface area contributed by atoms with Crippen molar-refractivity contribution in [1.29, 1.82) is 0 Å². The molecule has 1 saturated heterocycles. The van der Waals surface area contributed by atoms with Crippen LogP contribution in [0.1, 0.15) is 38.4 Å². The minimum atomic E-state index is -0.697. The molecule has 0 spiro atoms. The van der Waals surface area contributed by atoms with Gasteiger partial charge in [-0.3, -0.25) is 9.78 Å². The van der Waals surface area contributed by atoms with Crippen LogP contribution >= 0.6 is 0 Å². The van der Waals surface area contributed by atoms with Gasteiger partial charge in [-0.1, -0.05) is 13.8 Å². The van der Waals surface area contributed by atoms with Gasteiger partial charge in [0.2, 0.25) is 0 Å². The molecule has 24 heavy (non-hydrogen) atoms. The second kappa shape index (κ2) is 6.95. The van der Waals surface area contributed by atoms with E-state index in [4.69, 9.17) is 10.1 Å². The van der Waals surface area contributed by atoms with Gasteiger partial charge in [0, 0.05) is 43.0 Å². The highest BCUT2D eigenvalue weighted by Gasteiger charge is 2.25. The Hall–Kier alpha value is -2.50. The van der Waals surface area contributed by atoms with Gasteiger partial charge in [0.1, 0.15) is 11.6 Å². The standard InChI is InChI=1S/C18H22N4O2/c1-12(2)17-20-15(13-3-7-19-8-4-13)11-16(21-17)22-9-5-14(6-10-22)18(23)24/h3-4,7-8,11-12,14H,5-6,9-10H2,1-2H3,(H,23,24). The first-order valence-electron chi connectivity index (χ1n) is 8.31. The number of carbonyl (C=O) groups is 1. The first kappa shape index (κ1) is 16.4. The minimum Gasteiger partial charge on any atom is -0.481 e. The molecule has 2 aromatic heterocycles. The zero-order valence-corrected chi connectivity index (χ0v) is 14.0. The molecule has 1 aliphatic rings. The Morgan fingerprint density at radius 1 is 1.21 bits per heavy atom. The van der Waals surface area contributed by atoms with Crippen molar-refractivity contribution in [2.45, 2.75) is 32.6 Å². The lowest BCUT2D eigenvalue weighted by Crippen LogP contribution is -2.37. The molecular weight excluding hydrogens is 304 g/mol. The molecule has 0 atom stereocenters. The molecule has 1 N–H and O–H groups in total. The van der Waals surface area contributed by atoms with E-state index in [1.807, 2.05) is 18.2 Å². The lowest BCUT2D eigenvalue weighted by Gasteiger charge is -2.31. The fourth-order valence-electron chi connectivity index (χ4n) is 2.90. The maximum Gasteiger partial charge on any atom is 0.306 e. The Bertz CT molecular complexity index is 710. The number of carboxylic acid groups (broad SMARTS) is 1. The van der Waals surface area contributed by atoms with Gasteiger partial charge < -0.3 is 10.0 Å².